The highest BCUT2D eigenvalue weighted by Crippen LogP contribution is 2.30. The molecule has 2 aliphatic heterocycles. The summed E-state index contributed by atoms with van der Waals surface area (Å²) in [5, 5.41) is 6.27. The molecule has 2 aliphatic rings. The van der Waals surface area contributed by atoms with Gasteiger partial charge < -0.3 is 14.8 Å². The Balaban J connectivity index is 1.39. The SMILES string of the molecule is Cc1c(C(=O)Nc2ccc3c(c2)CN(C2CCC(=O)NC2=O)C3=O)n(C)c2ccccc12. The second-order valence-corrected chi connectivity index (χ2v) is 8.28. The van der Waals surface area contributed by atoms with E-state index in [1.54, 1.807) is 18.2 Å². The Labute approximate surface area is 184 Å². The Hall–Kier alpha value is -3.94. The van der Waals surface area contributed by atoms with Crippen molar-refractivity contribution >= 4 is 40.2 Å². The minimum absolute atomic E-state index is 0.211. The van der Waals surface area contributed by atoms with Gasteiger partial charge in [-0.1, -0.05) is 18.2 Å². The molecule has 3 heterocycles. The molecule has 3 aromatic rings. The van der Waals surface area contributed by atoms with Gasteiger partial charge >= 0.3 is 0 Å². The summed E-state index contributed by atoms with van der Waals surface area (Å²) in [7, 11) is 1.86. The summed E-state index contributed by atoms with van der Waals surface area (Å²) in [6, 6.07) is 12.3. The topological polar surface area (TPSA) is 101 Å². The highest BCUT2D eigenvalue weighted by atomic mass is 16.2. The molecule has 1 saturated heterocycles. The molecule has 8 heteroatoms. The van der Waals surface area contributed by atoms with Crippen LogP contribution < -0.4 is 10.6 Å². The number of rotatable bonds is 3. The summed E-state index contributed by atoms with van der Waals surface area (Å²) in [6.45, 7) is 2.19. The van der Waals surface area contributed by atoms with Crippen molar-refractivity contribution in [1.82, 2.24) is 14.8 Å². The minimum Gasteiger partial charge on any atom is -0.339 e. The van der Waals surface area contributed by atoms with E-state index in [4.69, 9.17) is 0 Å². The molecule has 2 N–H and O–H groups in total. The van der Waals surface area contributed by atoms with E-state index in [-0.39, 0.29) is 30.7 Å². The van der Waals surface area contributed by atoms with E-state index in [1.165, 1.54) is 4.90 Å². The van der Waals surface area contributed by atoms with Gasteiger partial charge in [-0.05, 0) is 48.7 Å². The summed E-state index contributed by atoms with van der Waals surface area (Å²) in [4.78, 5) is 51.0. The first-order valence-electron chi connectivity index (χ1n) is 10.5. The van der Waals surface area contributed by atoms with Gasteiger partial charge in [-0.3, -0.25) is 24.5 Å². The quantitative estimate of drug-likeness (QED) is 0.624. The van der Waals surface area contributed by atoms with E-state index in [9.17, 15) is 19.2 Å². The molecule has 8 nitrogen and oxygen atoms in total. The van der Waals surface area contributed by atoms with Crippen LogP contribution in [0.3, 0.4) is 0 Å². The summed E-state index contributed by atoms with van der Waals surface area (Å²) in [5.41, 5.74) is 4.29. The first-order valence-corrected chi connectivity index (χ1v) is 10.5. The fourth-order valence-corrected chi connectivity index (χ4v) is 4.75. The maximum atomic E-state index is 13.1. The van der Waals surface area contributed by atoms with Crippen molar-refractivity contribution in [2.24, 2.45) is 7.05 Å². The lowest BCUT2D eigenvalue weighted by atomic mass is 10.0. The van der Waals surface area contributed by atoms with Crippen LogP contribution in [0.25, 0.3) is 10.9 Å². The largest absolute Gasteiger partial charge is 0.339 e. The summed E-state index contributed by atoms with van der Waals surface area (Å²) >= 11 is 0. The zero-order chi connectivity index (χ0) is 22.6. The zero-order valence-electron chi connectivity index (χ0n) is 17.8. The molecule has 0 aliphatic carbocycles. The number of anilines is 1. The van der Waals surface area contributed by atoms with Gasteiger partial charge in [0.05, 0.1) is 0 Å². The fourth-order valence-electron chi connectivity index (χ4n) is 4.75. The highest BCUT2D eigenvalue weighted by molar-refractivity contribution is 6.09. The normalized spacial score (nSPS) is 18.1. The number of nitrogens with zero attached hydrogens (tertiary/aromatic N) is 2. The van der Waals surface area contributed by atoms with Crippen LogP contribution >= 0.6 is 0 Å². The first kappa shape index (κ1) is 20.0. The van der Waals surface area contributed by atoms with Gasteiger partial charge in [0, 0.05) is 42.2 Å². The van der Waals surface area contributed by atoms with Crippen LogP contribution in [-0.2, 0) is 23.2 Å². The van der Waals surface area contributed by atoms with E-state index in [0.717, 1.165) is 22.0 Å². The van der Waals surface area contributed by atoms with Gasteiger partial charge in [-0.2, -0.15) is 0 Å². The number of hydrogen-bond acceptors (Lipinski definition) is 4. The number of aryl methyl sites for hydroxylation is 2. The number of carbonyl (C=O) groups excluding carboxylic acids is 4. The summed E-state index contributed by atoms with van der Waals surface area (Å²) in [6.07, 6.45) is 0.524. The molecule has 32 heavy (non-hydrogen) atoms. The number of nitrogens with one attached hydrogen (secondary N) is 2. The number of piperidine rings is 1. The summed E-state index contributed by atoms with van der Waals surface area (Å²) in [5.74, 6) is -1.23. The number of aromatic nitrogens is 1. The molecular weight excluding hydrogens is 408 g/mol. The predicted molar refractivity (Wildman–Crippen MR) is 118 cm³/mol. The van der Waals surface area contributed by atoms with Gasteiger partial charge in [0.2, 0.25) is 11.8 Å². The Morgan fingerprint density at radius 3 is 2.66 bits per heavy atom. The number of amides is 4. The molecule has 0 bridgehead atoms. The number of hydrogen-bond donors (Lipinski definition) is 2. The number of imide groups is 1. The van der Waals surface area contributed by atoms with Crippen molar-refractivity contribution in [1.29, 1.82) is 0 Å². The van der Waals surface area contributed by atoms with E-state index >= 15 is 0 Å². The lowest BCUT2D eigenvalue weighted by Crippen LogP contribution is -2.52. The number of para-hydroxylation sites is 1. The number of fused-ring (bicyclic) bond motifs is 2. The predicted octanol–water partition coefficient (Wildman–Crippen LogP) is 2.50. The number of benzene rings is 2. The standard InChI is InChI=1S/C24H22N4O4/c1-13-16-5-3-4-6-18(16)27(2)21(13)23(31)25-15-7-8-17-14(11-15)12-28(24(17)32)19-9-10-20(29)26-22(19)30/h3-8,11,19H,9-10,12H2,1-2H3,(H,25,31)(H,26,29,30). The average molecular weight is 430 g/mol. The molecule has 0 radical (unpaired) electrons. The van der Waals surface area contributed by atoms with Gasteiger partial charge in [-0.25, -0.2) is 0 Å². The third kappa shape index (κ3) is 3.07. The summed E-state index contributed by atoms with van der Waals surface area (Å²) < 4.78 is 1.88. The second-order valence-electron chi connectivity index (χ2n) is 8.28. The monoisotopic (exact) mass is 430 g/mol. The minimum atomic E-state index is -0.663. The molecular formula is C24H22N4O4. The van der Waals surface area contributed by atoms with Crippen LogP contribution in [0.2, 0.25) is 0 Å². The molecule has 1 aromatic heterocycles. The Bertz CT molecular complexity index is 1280. The molecule has 1 atom stereocenters. The van der Waals surface area contributed by atoms with Crippen molar-refractivity contribution in [3.8, 4) is 0 Å². The highest BCUT2D eigenvalue weighted by Gasteiger charge is 2.39. The molecule has 4 amide bonds. The second kappa shape index (κ2) is 7.33. The molecule has 1 fully saturated rings. The van der Waals surface area contributed by atoms with Crippen LogP contribution in [0.1, 0.15) is 44.8 Å². The molecule has 0 saturated carbocycles. The van der Waals surface area contributed by atoms with Gasteiger partial charge in [-0.15, -0.1) is 0 Å². The molecule has 5 rings (SSSR count). The van der Waals surface area contributed by atoms with Crippen molar-refractivity contribution in [3.63, 3.8) is 0 Å². The van der Waals surface area contributed by atoms with E-state index in [1.807, 2.05) is 42.8 Å². The Morgan fingerprint density at radius 1 is 1.12 bits per heavy atom. The fraction of sp³-hybridized carbons (Fsp3) is 0.250. The lowest BCUT2D eigenvalue weighted by Gasteiger charge is -2.29. The Morgan fingerprint density at radius 2 is 1.91 bits per heavy atom. The molecule has 162 valence electrons. The maximum Gasteiger partial charge on any atom is 0.272 e. The molecule has 1 unspecified atom stereocenters. The van der Waals surface area contributed by atoms with Crippen LogP contribution in [0.15, 0.2) is 42.5 Å². The first-order chi connectivity index (χ1) is 15.3. The van der Waals surface area contributed by atoms with Crippen molar-refractivity contribution < 1.29 is 19.2 Å². The van der Waals surface area contributed by atoms with Gasteiger partial charge in [0.15, 0.2) is 0 Å². The maximum absolute atomic E-state index is 13.1. The zero-order valence-corrected chi connectivity index (χ0v) is 17.8. The van der Waals surface area contributed by atoms with Crippen LogP contribution in [0.4, 0.5) is 5.69 Å². The molecule has 2 aromatic carbocycles. The Kier molecular flexibility index (Phi) is 4.58. The van der Waals surface area contributed by atoms with Crippen molar-refractivity contribution in [2.45, 2.75) is 32.4 Å². The van der Waals surface area contributed by atoms with Crippen LogP contribution in [0.5, 0.6) is 0 Å². The van der Waals surface area contributed by atoms with Gasteiger partial charge in [0.1, 0.15) is 11.7 Å². The third-order valence-electron chi connectivity index (χ3n) is 6.36. The number of carbonyl (C=O) groups is 4. The van der Waals surface area contributed by atoms with Crippen molar-refractivity contribution in [3.05, 3.63) is 64.8 Å². The van der Waals surface area contributed by atoms with E-state index in [0.29, 0.717) is 23.4 Å². The third-order valence-corrected chi connectivity index (χ3v) is 6.36. The van der Waals surface area contributed by atoms with Gasteiger partial charge in [0.25, 0.3) is 11.8 Å². The van der Waals surface area contributed by atoms with Crippen LogP contribution in [0, 0.1) is 6.92 Å². The smallest absolute Gasteiger partial charge is 0.272 e. The van der Waals surface area contributed by atoms with E-state index in [2.05, 4.69) is 10.6 Å². The lowest BCUT2D eigenvalue weighted by molar-refractivity contribution is -0.136. The van der Waals surface area contributed by atoms with E-state index < -0.39 is 11.9 Å². The average Bonchev–Trinajstić information content (AvgIpc) is 3.22. The van der Waals surface area contributed by atoms with Crippen molar-refractivity contribution in [2.75, 3.05) is 5.32 Å². The molecule has 0 spiro atoms. The van der Waals surface area contributed by atoms with Crippen LogP contribution in [-0.4, -0.2) is 39.1 Å².